The number of aromatic nitrogens is 2. The van der Waals surface area contributed by atoms with E-state index in [4.69, 9.17) is 0 Å². The molecule has 0 aliphatic rings. The molecule has 2 aromatic carbocycles. The number of anilines is 5. The topological polar surface area (TPSA) is 78.9 Å². The van der Waals surface area contributed by atoms with E-state index in [1.165, 1.54) is 13.3 Å². The van der Waals surface area contributed by atoms with Crippen molar-refractivity contribution in [3.63, 3.8) is 0 Å². The van der Waals surface area contributed by atoms with E-state index in [2.05, 4.69) is 41.8 Å². The highest BCUT2D eigenvalue weighted by Gasteiger charge is 2.02. The summed E-state index contributed by atoms with van der Waals surface area (Å²) in [4.78, 5) is 19.5. The first-order valence-electron chi connectivity index (χ1n) is 7.58. The molecule has 0 aliphatic carbocycles. The zero-order valence-electron chi connectivity index (χ0n) is 13.5. The molecule has 0 saturated heterocycles. The molecule has 1 heterocycles. The summed E-state index contributed by atoms with van der Waals surface area (Å²) in [6.07, 6.45) is 1.49. The van der Waals surface area contributed by atoms with Gasteiger partial charge in [-0.1, -0.05) is 22.0 Å². The van der Waals surface area contributed by atoms with Crippen molar-refractivity contribution in [3.8, 4) is 0 Å². The number of nitrogens with one attached hydrogen (secondary N) is 3. The predicted molar refractivity (Wildman–Crippen MR) is 103 cm³/mol. The Morgan fingerprint density at radius 2 is 1.52 bits per heavy atom. The summed E-state index contributed by atoms with van der Waals surface area (Å²) in [5.74, 6) is 1.25. The SMILES string of the molecule is CC(=O)Nc1ccc(Nc2cc(Nc3cccc(Br)c3)ncn2)cc1. The van der Waals surface area contributed by atoms with Gasteiger partial charge in [0, 0.05) is 34.5 Å². The van der Waals surface area contributed by atoms with Crippen LogP contribution in [-0.2, 0) is 4.79 Å². The second-order valence-electron chi connectivity index (χ2n) is 5.31. The van der Waals surface area contributed by atoms with Gasteiger partial charge in [0.25, 0.3) is 0 Å². The van der Waals surface area contributed by atoms with Crippen molar-refractivity contribution in [2.75, 3.05) is 16.0 Å². The van der Waals surface area contributed by atoms with Gasteiger partial charge in [-0.05, 0) is 42.5 Å². The molecule has 0 fully saturated rings. The second kappa shape index (κ2) is 7.76. The first-order chi connectivity index (χ1) is 12.1. The van der Waals surface area contributed by atoms with Crippen molar-refractivity contribution in [2.45, 2.75) is 6.92 Å². The molecule has 0 radical (unpaired) electrons. The summed E-state index contributed by atoms with van der Waals surface area (Å²) < 4.78 is 0.990. The molecule has 0 bridgehead atoms. The molecule has 0 saturated carbocycles. The maximum Gasteiger partial charge on any atom is 0.221 e. The van der Waals surface area contributed by atoms with Crippen LogP contribution in [0.4, 0.5) is 28.7 Å². The van der Waals surface area contributed by atoms with Crippen molar-refractivity contribution < 1.29 is 4.79 Å². The number of halogens is 1. The summed E-state index contributed by atoms with van der Waals surface area (Å²) in [6, 6.07) is 17.0. The molecule has 0 unspecified atom stereocenters. The van der Waals surface area contributed by atoms with Crippen molar-refractivity contribution >= 4 is 50.5 Å². The van der Waals surface area contributed by atoms with E-state index >= 15 is 0 Å². The lowest BCUT2D eigenvalue weighted by Crippen LogP contribution is -2.05. The van der Waals surface area contributed by atoms with Gasteiger partial charge < -0.3 is 16.0 Å². The monoisotopic (exact) mass is 397 g/mol. The molecular weight excluding hydrogens is 382 g/mol. The third-order valence-electron chi connectivity index (χ3n) is 3.24. The fourth-order valence-corrected chi connectivity index (χ4v) is 2.60. The Kier molecular flexibility index (Phi) is 5.25. The van der Waals surface area contributed by atoms with Gasteiger partial charge in [0.1, 0.15) is 18.0 Å². The molecule has 6 nitrogen and oxygen atoms in total. The van der Waals surface area contributed by atoms with Crippen molar-refractivity contribution in [2.24, 2.45) is 0 Å². The molecule has 0 atom stereocenters. The summed E-state index contributed by atoms with van der Waals surface area (Å²) in [7, 11) is 0. The number of hydrogen-bond acceptors (Lipinski definition) is 5. The van der Waals surface area contributed by atoms with Crippen molar-refractivity contribution in [3.05, 3.63) is 65.4 Å². The van der Waals surface area contributed by atoms with Crippen LogP contribution in [0, 0.1) is 0 Å². The van der Waals surface area contributed by atoms with E-state index in [0.717, 1.165) is 21.5 Å². The van der Waals surface area contributed by atoms with E-state index in [9.17, 15) is 4.79 Å². The van der Waals surface area contributed by atoms with Crippen LogP contribution in [0.1, 0.15) is 6.92 Å². The fourth-order valence-electron chi connectivity index (χ4n) is 2.20. The minimum atomic E-state index is -0.0974. The van der Waals surface area contributed by atoms with Crippen LogP contribution >= 0.6 is 15.9 Å². The largest absolute Gasteiger partial charge is 0.340 e. The molecule has 126 valence electrons. The first kappa shape index (κ1) is 16.9. The average Bonchev–Trinajstić information content (AvgIpc) is 2.57. The number of amides is 1. The molecule has 25 heavy (non-hydrogen) atoms. The van der Waals surface area contributed by atoms with Gasteiger partial charge in [0.2, 0.25) is 5.91 Å². The van der Waals surface area contributed by atoms with Crippen LogP contribution in [-0.4, -0.2) is 15.9 Å². The number of hydrogen-bond donors (Lipinski definition) is 3. The predicted octanol–water partition coefficient (Wildman–Crippen LogP) is 4.68. The van der Waals surface area contributed by atoms with Gasteiger partial charge >= 0.3 is 0 Å². The van der Waals surface area contributed by atoms with Gasteiger partial charge in [-0.3, -0.25) is 4.79 Å². The van der Waals surface area contributed by atoms with Gasteiger partial charge in [-0.2, -0.15) is 0 Å². The Balaban J connectivity index is 1.70. The van der Waals surface area contributed by atoms with E-state index in [1.807, 2.05) is 54.6 Å². The summed E-state index contributed by atoms with van der Waals surface area (Å²) in [5, 5.41) is 9.17. The van der Waals surface area contributed by atoms with Crippen LogP contribution in [0.15, 0.2) is 65.4 Å². The van der Waals surface area contributed by atoms with Gasteiger partial charge in [-0.15, -0.1) is 0 Å². The second-order valence-corrected chi connectivity index (χ2v) is 6.22. The van der Waals surface area contributed by atoms with E-state index in [1.54, 1.807) is 0 Å². The maximum absolute atomic E-state index is 11.0. The smallest absolute Gasteiger partial charge is 0.221 e. The normalized spacial score (nSPS) is 10.2. The van der Waals surface area contributed by atoms with E-state index in [0.29, 0.717) is 11.6 Å². The minimum Gasteiger partial charge on any atom is -0.340 e. The molecule has 1 amide bonds. The van der Waals surface area contributed by atoms with Crippen molar-refractivity contribution in [1.82, 2.24) is 9.97 Å². The summed E-state index contributed by atoms with van der Waals surface area (Å²) in [5.41, 5.74) is 2.54. The highest BCUT2D eigenvalue weighted by Crippen LogP contribution is 2.22. The summed E-state index contributed by atoms with van der Waals surface area (Å²) in [6.45, 7) is 1.48. The van der Waals surface area contributed by atoms with Gasteiger partial charge in [0.15, 0.2) is 0 Å². The highest BCUT2D eigenvalue weighted by atomic mass is 79.9. The number of carbonyl (C=O) groups is 1. The van der Waals surface area contributed by atoms with Crippen LogP contribution in [0.2, 0.25) is 0 Å². The number of benzene rings is 2. The van der Waals surface area contributed by atoms with Crippen LogP contribution in [0.5, 0.6) is 0 Å². The zero-order chi connectivity index (χ0) is 17.6. The van der Waals surface area contributed by atoms with Crippen LogP contribution in [0.3, 0.4) is 0 Å². The molecule has 0 spiro atoms. The fraction of sp³-hybridized carbons (Fsp3) is 0.0556. The number of rotatable bonds is 5. The van der Waals surface area contributed by atoms with Crippen LogP contribution < -0.4 is 16.0 Å². The molecule has 3 rings (SSSR count). The van der Waals surface area contributed by atoms with E-state index < -0.39 is 0 Å². The first-order valence-corrected chi connectivity index (χ1v) is 8.37. The zero-order valence-corrected chi connectivity index (χ0v) is 15.0. The maximum atomic E-state index is 11.0. The Hall–Kier alpha value is -2.93. The molecule has 3 aromatic rings. The lowest BCUT2D eigenvalue weighted by atomic mass is 10.2. The lowest BCUT2D eigenvalue weighted by Gasteiger charge is -2.09. The molecule has 3 N–H and O–H groups in total. The third kappa shape index (κ3) is 5.02. The van der Waals surface area contributed by atoms with Crippen molar-refractivity contribution in [1.29, 1.82) is 0 Å². The van der Waals surface area contributed by atoms with E-state index in [-0.39, 0.29) is 5.91 Å². The lowest BCUT2D eigenvalue weighted by molar-refractivity contribution is -0.114. The summed E-state index contributed by atoms with van der Waals surface area (Å²) >= 11 is 3.44. The Labute approximate surface area is 153 Å². The molecule has 7 heteroatoms. The Morgan fingerprint density at radius 3 is 2.16 bits per heavy atom. The standard InChI is InChI=1S/C18H16BrN5O/c1-12(25)22-14-5-7-15(8-6-14)23-17-10-18(21-11-20-17)24-16-4-2-3-13(19)9-16/h2-11H,1H3,(H,22,25)(H2,20,21,23,24). The van der Waals surface area contributed by atoms with Crippen LogP contribution in [0.25, 0.3) is 0 Å². The third-order valence-corrected chi connectivity index (χ3v) is 3.74. The quantitative estimate of drug-likeness (QED) is 0.582. The average molecular weight is 398 g/mol. The molecular formula is C18H16BrN5O. The number of carbonyl (C=O) groups excluding carboxylic acids is 1. The highest BCUT2D eigenvalue weighted by molar-refractivity contribution is 9.10. The number of nitrogens with zero attached hydrogens (tertiary/aromatic N) is 2. The minimum absolute atomic E-state index is 0.0974. The molecule has 1 aromatic heterocycles. The van der Waals surface area contributed by atoms with Gasteiger partial charge in [0.05, 0.1) is 0 Å². The Bertz CT molecular complexity index is 883. The Morgan fingerprint density at radius 1 is 0.880 bits per heavy atom. The molecule has 0 aliphatic heterocycles. The van der Waals surface area contributed by atoms with Gasteiger partial charge in [-0.25, -0.2) is 9.97 Å².